The Kier molecular flexibility index (Phi) is 12.9. The number of aliphatic imine (C=N–C) groups is 6. The monoisotopic (exact) mass is 918 g/mol. The summed E-state index contributed by atoms with van der Waals surface area (Å²) in [4.78, 5) is 29.8. The van der Waals surface area contributed by atoms with E-state index in [1.54, 1.807) is 37.3 Å². The lowest BCUT2D eigenvalue weighted by molar-refractivity contribution is 0.389. The van der Waals surface area contributed by atoms with E-state index in [1.165, 1.54) is 0 Å². The van der Waals surface area contributed by atoms with E-state index in [0.29, 0.717) is 33.4 Å². The number of phenols is 3. The maximum Gasteiger partial charge on any atom is 0.133 e. The van der Waals surface area contributed by atoms with Crippen LogP contribution < -0.4 is 0 Å². The molecule has 6 bridgehead atoms. The first kappa shape index (κ1) is 38.8. The minimum atomic E-state index is -0.0617. The molecule has 12 heteroatoms. The van der Waals surface area contributed by atoms with Crippen molar-refractivity contribution in [1.82, 2.24) is 0 Å². The number of nitrogens with zero attached hydrogens (tertiary/aromatic N) is 6. The van der Waals surface area contributed by atoms with Crippen LogP contribution in [0, 0.1) is 0 Å². The Balaban J connectivity index is 1.29. The van der Waals surface area contributed by atoms with Crippen LogP contribution in [-0.2, 0) is 0 Å². The summed E-state index contributed by atoms with van der Waals surface area (Å²) < 4.78 is 2.45. The highest BCUT2D eigenvalue weighted by Crippen LogP contribution is 2.32. The van der Waals surface area contributed by atoms with Gasteiger partial charge in [-0.05, 0) is 74.9 Å². The predicted molar refractivity (Wildman–Crippen MR) is 231 cm³/mol. The van der Waals surface area contributed by atoms with E-state index < -0.39 is 0 Å². The summed E-state index contributed by atoms with van der Waals surface area (Å²) in [6.45, 7) is 0. The van der Waals surface area contributed by atoms with E-state index in [2.05, 4.69) is 47.8 Å². The number of rotatable bonds is 0. The van der Waals surface area contributed by atoms with Crippen LogP contribution in [0.25, 0.3) is 0 Å². The molecule has 3 saturated carbocycles. The van der Waals surface area contributed by atoms with Crippen molar-refractivity contribution >= 4 is 85.1 Å². The van der Waals surface area contributed by atoms with Crippen LogP contribution in [0.2, 0.25) is 0 Å². The van der Waals surface area contributed by atoms with Gasteiger partial charge in [0.1, 0.15) is 17.2 Å². The molecule has 0 aromatic heterocycles. The van der Waals surface area contributed by atoms with E-state index in [1.807, 2.05) is 36.4 Å². The molecule has 3 aromatic carbocycles. The lowest BCUT2D eigenvalue weighted by Gasteiger charge is -2.26. The van der Waals surface area contributed by atoms with Gasteiger partial charge >= 0.3 is 0 Å². The molecule has 6 atom stereocenters. The number of halogens is 3. The van der Waals surface area contributed by atoms with Crippen LogP contribution in [0.1, 0.15) is 110 Å². The zero-order valence-corrected chi connectivity index (χ0v) is 34.8. The Bertz CT molecular complexity index is 1670. The van der Waals surface area contributed by atoms with Crippen LogP contribution >= 0.6 is 47.8 Å². The SMILES string of the molecule is Oc1c2cc(Br)cc1C=NC1CCCCC1N=Cc1cc(Br)cc(c1O)C=NC1CCCCC1N=Cc1cc(Br)cc(c1O)C=NC1CCCCC1N=C2. The number of phenolic OH excluding ortho intramolecular Hbond substituents is 3. The van der Waals surface area contributed by atoms with Gasteiger partial charge in [-0.25, -0.2) is 0 Å². The van der Waals surface area contributed by atoms with Crippen molar-refractivity contribution in [2.75, 3.05) is 0 Å². The van der Waals surface area contributed by atoms with Gasteiger partial charge in [-0.2, -0.15) is 0 Å². The van der Waals surface area contributed by atoms with Gasteiger partial charge in [0, 0.05) is 84.1 Å². The lowest BCUT2D eigenvalue weighted by Crippen LogP contribution is -2.27. The Labute approximate surface area is 342 Å². The smallest absolute Gasteiger partial charge is 0.133 e. The second kappa shape index (κ2) is 18.0. The molecule has 3 N–H and O–H groups in total. The van der Waals surface area contributed by atoms with E-state index in [4.69, 9.17) is 30.0 Å². The largest absolute Gasteiger partial charge is 0.507 e. The molecule has 0 radical (unpaired) electrons. The molecule has 0 spiro atoms. The van der Waals surface area contributed by atoms with Crippen molar-refractivity contribution in [1.29, 1.82) is 0 Å². The first-order valence-corrected chi connectivity index (χ1v) is 21.4. The Morgan fingerprint density at radius 3 is 0.667 bits per heavy atom. The third-order valence-electron chi connectivity index (χ3n) is 10.9. The molecule has 3 aromatic rings. The minimum absolute atomic E-state index is 0.0617. The fraction of sp³-hybridized carbons (Fsp3) is 0.429. The van der Waals surface area contributed by atoms with Crippen molar-refractivity contribution in [3.8, 4) is 17.2 Å². The first-order chi connectivity index (χ1) is 26.2. The standard InChI is InChI=1S/C42H45Br3N6O3/c43-31-13-25-19-46-34-7-1-2-8-35(34)47-20-26-14-32(44)16-28(41(26)53)22-49-38-11-5-6-12-39(38)51-24-30-18-33(45)17-29(42(30)54)23-50-37-10-4-3-9-36(37)48-21-27(15-31)40(25)52/h13-24,34-39,52-54H,1-12H2. The van der Waals surface area contributed by atoms with Gasteiger partial charge in [0.15, 0.2) is 0 Å². The van der Waals surface area contributed by atoms with Crippen LogP contribution in [0.5, 0.6) is 17.2 Å². The van der Waals surface area contributed by atoms with E-state index >= 15 is 0 Å². The summed E-state index contributed by atoms with van der Waals surface area (Å²) in [5.74, 6) is 0.364. The van der Waals surface area contributed by atoms with E-state index in [9.17, 15) is 15.3 Å². The molecule has 1 aliphatic heterocycles. The highest BCUT2D eigenvalue weighted by Gasteiger charge is 2.26. The molecule has 9 nitrogen and oxygen atoms in total. The van der Waals surface area contributed by atoms with Crippen LogP contribution in [0.3, 0.4) is 0 Å². The zero-order chi connectivity index (χ0) is 37.6. The highest BCUT2D eigenvalue weighted by atomic mass is 79.9. The van der Waals surface area contributed by atoms with Gasteiger partial charge in [0.05, 0.1) is 36.3 Å². The maximum atomic E-state index is 11.4. The number of aromatic hydroxyl groups is 3. The molecule has 3 fully saturated rings. The fourth-order valence-electron chi connectivity index (χ4n) is 7.89. The topological polar surface area (TPSA) is 135 Å². The summed E-state index contributed by atoms with van der Waals surface area (Å²) in [5, 5.41) is 34.2. The maximum absolute atomic E-state index is 11.4. The van der Waals surface area contributed by atoms with Gasteiger partial charge in [-0.15, -0.1) is 0 Å². The van der Waals surface area contributed by atoms with E-state index in [-0.39, 0.29) is 53.5 Å². The first-order valence-electron chi connectivity index (χ1n) is 19.0. The Hall–Kier alpha value is -3.48. The molecule has 4 aliphatic rings. The quantitative estimate of drug-likeness (QED) is 0.207. The summed E-state index contributed by atoms with van der Waals surface area (Å²) in [7, 11) is 0. The van der Waals surface area contributed by atoms with Crippen molar-refractivity contribution in [2.45, 2.75) is 113 Å². The average molecular weight is 922 g/mol. The molecule has 1 heterocycles. The Morgan fingerprint density at radius 2 is 0.500 bits per heavy atom. The normalized spacial score (nSPS) is 26.1. The highest BCUT2D eigenvalue weighted by molar-refractivity contribution is 9.11. The second-order valence-electron chi connectivity index (χ2n) is 14.7. The summed E-state index contributed by atoms with van der Waals surface area (Å²) >= 11 is 10.9. The number of hydrogen-bond donors (Lipinski definition) is 3. The van der Waals surface area contributed by atoms with Crippen molar-refractivity contribution in [3.63, 3.8) is 0 Å². The van der Waals surface area contributed by atoms with Crippen LogP contribution in [0.15, 0.2) is 79.8 Å². The van der Waals surface area contributed by atoms with Crippen LogP contribution in [-0.4, -0.2) is 88.9 Å². The molecule has 0 saturated heterocycles. The van der Waals surface area contributed by atoms with Crippen LogP contribution in [0.4, 0.5) is 0 Å². The average Bonchev–Trinajstić information content (AvgIpc) is 3.17. The van der Waals surface area contributed by atoms with Gasteiger partial charge in [0.25, 0.3) is 0 Å². The third-order valence-corrected chi connectivity index (χ3v) is 12.3. The predicted octanol–water partition coefficient (Wildman–Crippen LogP) is 9.95. The van der Waals surface area contributed by atoms with Gasteiger partial charge in [0.2, 0.25) is 0 Å². The molecule has 6 unspecified atom stereocenters. The van der Waals surface area contributed by atoms with E-state index in [0.717, 1.165) is 90.5 Å². The molecular weight excluding hydrogens is 876 g/mol. The summed E-state index contributed by atoms with van der Waals surface area (Å²) in [6.07, 6.45) is 22.2. The zero-order valence-electron chi connectivity index (χ0n) is 30.0. The second-order valence-corrected chi connectivity index (χ2v) is 17.5. The number of fused-ring (bicyclic) bond motifs is 9. The lowest BCUT2D eigenvalue weighted by atomic mass is 9.91. The van der Waals surface area contributed by atoms with Gasteiger partial charge < -0.3 is 15.3 Å². The molecular formula is C42H45Br3N6O3. The summed E-state index contributed by atoms with van der Waals surface area (Å²) in [5.41, 5.74) is 3.63. The van der Waals surface area contributed by atoms with Crippen molar-refractivity contribution in [2.24, 2.45) is 30.0 Å². The summed E-state index contributed by atoms with van der Waals surface area (Å²) in [6, 6.07) is 10.8. The van der Waals surface area contributed by atoms with Gasteiger partial charge in [-0.1, -0.05) is 86.3 Å². The fourth-order valence-corrected chi connectivity index (χ4v) is 9.37. The minimum Gasteiger partial charge on any atom is -0.507 e. The number of hydrogen-bond acceptors (Lipinski definition) is 9. The van der Waals surface area contributed by atoms with Gasteiger partial charge in [-0.3, -0.25) is 30.0 Å². The Morgan fingerprint density at radius 1 is 0.333 bits per heavy atom. The van der Waals surface area contributed by atoms with Crippen molar-refractivity contribution < 1.29 is 15.3 Å². The third kappa shape index (κ3) is 9.48. The molecule has 3 aliphatic carbocycles. The van der Waals surface area contributed by atoms with Crippen molar-refractivity contribution in [3.05, 3.63) is 83.2 Å². The molecule has 54 heavy (non-hydrogen) atoms. The molecule has 282 valence electrons. The molecule has 7 rings (SSSR count). The molecule has 0 amide bonds. The number of benzene rings is 3.